The molecule has 3 nitrogen and oxygen atoms in total. The summed E-state index contributed by atoms with van der Waals surface area (Å²) < 4.78 is 19.5. The highest BCUT2D eigenvalue weighted by Gasteiger charge is 2.37. The maximum absolute atomic E-state index is 14.3. The van der Waals surface area contributed by atoms with Crippen LogP contribution >= 0.6 is 0 Å². The summed E-state index contributed by atoms with van der Waals surface area (Å²) in [5.74, 6) is 0. The summed E-state index contributed by atoms with van der Waals surface area (Å²) in [5.41, 5.74) is -1.87. The van der Waals surface area contributed by atoms with Crippen LogP contribution in [-0.4, -0.2) is 35.4 Å². The van der Waals surface area contributed by atoms with E-state index in [1.165, 1.54) is 4.90 Å². The number of halogens is 1. The van der Waals surface area contributed by atoms with Gasteiger partial charge in [0.15, 0.2) is 0 Å². The second kappa shape index (κ2) is 5.07. The Bertz CT molecular complexity index is 298. The van der Waals surface area contributed by atoms with E-state index in [2.05, 4.69) is 6.58 Å². The summed E-state index contributed by atoms with van der Waals surface area (Å²) in [4.78, 5) is 13.3. The van der Waals surface area contributed by atoms with Crippen LogP contribution in [0.2, 0.25) is 0 Å². The SMILES string of the molecule is C=CCC1(F)CCCN(C(=O)OC(C)(C)C)C1. The molecule has 1 unspecified atom stereocenters. The molecule has 1 aliphatic rings. The molecule has 4 heteroatoms. The molecule has 1 amide bonds. The van der Waals surface area contributed by atoms with Crippen molar-refractivity contribution in [1.82, 2.24) is 4.90 Å². The average molecular weight is 243 g/mol. The number of alkyl halides is 1. The molecule has 1 rings (SSSR count). The summed E-state index contributed by atoms with van der Waals surface area (Å²) in [6.45, 7) is 9.65. The summed E-state index contributed by atoms with van der Waals surface area (Å²) in [6, 6.07) is 0. The highest BCUT2D eigenvalue weighted by Crippen LogP contribution is 2.29. The van der Waals surface area contributed by atoms with E-state index in [1.54, 1.807) is 26.8 Å². The van der Waals surface area contributed by atoms with Crippen molar-refractivity contribution in [3.63, 3.8) is 0 Å². The number of rotatable bonds is 2. The van der Waals surface area contributed by atoms with Gasteiger partial charge in [0.2, 0.25) is 0 Å². The van der Waals surface area contributed by atoms with Gasteiger partial charge in [-0.15, -0.1) is 6.58 Å². The number of amides is 1. The zero-order valence-corrected chi connectivity index (χ0v) is 11.0. The van der Waals surface area contributed by atoms with Crippen molar-refractivity contribution in [2.45, 2.75) is 51.3 Å². The van der Waals surface area contributed by atoms with Gasteiger partial charge in [-0.05, 0) is 33.6 Å². The van der Waals surface area contributed by atoms with Crippen molar-refractivity contribution in [2.75, 3.05) is 13.1 Å². The number of carbonyl (C=O) groups is 1. The van der Waals surface area contributed by atoms with E-state index in [-0.39, 0.29) is 13.0 Å². The molecule has 0 aliphatic carbocycles. The van der Waals surface area contributed by atoms with Crippen molar-refractivity contribution < 1.29 is 13.9 Å². The lowest BCUT2D eigenvalue weighted by Gasteiger charge is -2.37. The van der Waals surface area contributed by atoms with E-state index in [0.29, 0.717) is 19.4 Å². The fourth-order valence-corrected chi connectivity index (χ4v) is 1.99. The van der Waals surface area contributed by atoms with Crippen LogP contribution in [0.25, 0.3) is 0 Å². The first-order valence-corrected chi connectivity index (χ1v) is 6.03. The van der Waals surface area contributed by atoms with E-state index < -0.39 is 17.4 Å². The quantitative estimate of drug-likeness (QED) is 0.696. The minimum absolute atomic E-state index is 0.105. The Balaban J connectivity index is 2.60. The topological polar surface area (TPSA) is 29.5 Å². The van der Waals surface area contributed by atoms with Crippen LogP contribution in [0.5, 0.6) is 0 Å². The van der Waals surface area contributed by atoms with Crippen LogP contribution in [-0.2, 0) is 4.74 Å². The molecule has 0 aromatic heterocycles. The molecular formula is C13H22FNO2. The third-order valence-corrected chi connectivity index (χ3v) is 2.69. The standard InChI is InChI=1S/C13H22FNO2/c1-5-7-13(14)8-6-9-15(10-13)11(16)17-12(2,3)4/h5H,1,6-10H2,2-4H3. The molecule has 0 aromatic carbocycles. The second-order valence-electron chi connectivity index (χ2n) is 5.65. The Morgan fingerprint density at radius 2 is 2.24 bits per heavy atom. The number of nitrogens with zero attached hydrogens (tertiary/aromatic N) is 1. The Morgan fingerprint density at radius 3 is 2.76 bits per heavy atom. The van der Waals surface area contributed by atoms with Crippen molar-refractivity contribution in [3.05, 3.63) is 12.7 Å². The number of carbonyl (C=O) groups excluding carboxylic acids is 1. The normalized spacial score (nSPS) is 25.5. The minimum Gasteiger partial charge on any atom is -0.444 e. The fourth-order valence-electron chi connectivity index (χ4n) is 1.99. The smallest absolute Gasteiger partial charge is 0.410 e. The van der Waals surface area contributed by atoms with Gasteiger partial charge in [-0.1, -0.05) is 6.08 Å². The number of hydrogen-bond acceptors (Lipinski definition) is 2. The molecule has 0 bridgehead atoms. The van der Waals surface area contributed by atoms with Crippen molar-refractivity contribution in [2.24, 2.45) is 0 Å². The van der Waals surface area contributed by atoms with Gasteiger partial charge in [0, 0.05) is 13.0 Å². The number of hydrogen-bond donors (Lipinski definition) is 0. The fraction of sp³-hybridized carbons (Fsp3) is 0.769. The van der Waals surface area contributed by atoms with Crippen LogP contribution in [0.3, 0.4) is 0 Å². The average Bonchev–Trinajstić information content (AvgIpc) is 2.14. The van der Waals surface area contributed by atoms with Gasteiger partial charge in [-0.25, -0.2) is 9.18 Å². The van der Waals surface area contributed by atoms with Gasteiger partial charge in [0.1, 0.15) is 11.3 Å². The van der Waals surface area contributed by atoms with Gasteiger partial charge in [-0.2, -0.15) is 0 Å². The van der Waals surface area contributed by atoms with Gasteiger partial charge in [0.25, 0.3) is 0 Å². The second-order valence-corrected chi connectivity index (χ2v) is 5.65. The van der Waals surface area contributed by atoms with Gasteiger partial charge < -0.3 is 9.64 Å². The molecule has 0 N–H and O–H groups in total. The van der Waals surface area contributed by atoms with Crippen LogP contribution < -0.4 is 0 Å². The zero-order valence-electron chi connectivity index (χ0n) is 11.0. The van der Waals surface area contributed by atoms with Gasteiger partial charge in [0.05, 0.1) is 6.54 Å². The molecule has 98 valence electrons. The maximum atomic E-state index is 14.3. The number of ether oxygens (including phenoxy) is 1. The molecule has 0 spiro atoms. The Morgan fingerprint density at radius 1 is 1.59 bits per heavy atom. The van der Waals surface area contributed by atoms with E-state index in [9.17, 15) is 9.18 Å². The number of piperidine rings is 1. The lowest BCUT2D eigenvalue weighted by atomic mass is 9.92. The molecule has 1 saturated heterocycles. The van der Waals surface area contributed by atoms with Gasteiger partial charge in [-0.3, -0.25) is 0 Å². The van der Waals surface area contributed by atoms with E-state index in [1.807, 2.05) is 0 Å². The zero-order chi connectivity index (χ0) is 13.1. The van der Waals surface area contributed by atoms with Crippen LogP contribution in [0.1, 0.15) is 40.0 Å². The predicted octanol–water partition coefficient (Wildman–Crippen LogP) is 3.30. The molecular weight excluding hydrogens is 221 g/mol. The molecule has 17 heavy (non-hydrogen) atoms. The molecule has 1 atom stereocenters. The maximum Gasteiger partial charge on any atom is 0.410 e. The Labute approximate surface area is 103 Å². The molecule has 1 heterocycles. The van der Waals surface area contributed by atoms with Gasteiger partial charge >= 0.3 is 6.09 Å². The van der Waals surface area contributed by atoms with Crippen molar-refractivity contribution >= 4 is 6.09 Å². The molecule has 0 saturated carbocycles. The first-order valence-electron chi connectivity index (χ1n) is 6.03. The lowest BCUT2D eigenvalue weighted by Crippen LogP contribution is -2.49. The number of allylic oxidation sites excluding steroid dienone is 1. The minimum atomic E-state index is -1.34. The third kappa shape index (κ3) is 4.36. The molecule has 1 aliphatic heterocycles. The van der Waals surface area contributed by atoms with E-state index in [0.717, 1.165) is 0 Å². The Kier molecular flexibility index (Phi) is 4.17. The predicted molar refractivity (Wildman–Crippen MR) is 65.7 cm³/mol. The number of likely N-dealkylation sites (tertiary alicyclic amines) is 1. The molecule has 0 radical (unpaired) electrons. The first kappa shape index (κ1) is 14.0. The van der Waals surface area contributed by atoms with Crippen LogP contribution in [0.15, 0.2) is 12.7 Å². The summed E-state index contributed by atoms with van der Waals surface area (Å²) >= 11 is 0. The molecule has 0 aromatic rings. The van der Waals surface area contributed by atoms with E-state index in [4.69, 9.17) is 4.74 Å². The highest BCUT2D eigenvalue weighted by molar-refractivity contribution is 5.68. The van der Waals surface area contributed by atoms with Crippen LogP contribution in [0.4, 0.5) is 9.18 Å². The Hall–Kier alpha value is -1.06. The lowest BCUT2D eigenvalue weighted by molar-refractivity contribution is -0.00455. The third-order valence-electron chi connectivity index (χ3n) is 2.69. The van der Waals surface area contributed by atoms with Crippen molar-refractivity contribution in [3.8, 4) is 0 Å². The first-order chi connectivity index (χ1) is 7.76. The summed E-state index contributed by atoms with van der Waals surface area (Å²) in [7, 11) is 0. The summed E-state index contributed by atoms with van der Waals surface area (Å²) in [6.07, 6.45) is 2.58. The van der Waals surface area contributed by atoms with Crippen LogP contribution in [0, 0.1) is 0 Å². The largest absolute Gasteiger partial charge is 0.444 e. The highest BCUT2D eigenvalue weighted by atomic mass is 19.1. The summed E-state index contributed by atoms with van der Waals surface area (Å²) in [5, 5.41) is 0. The monoisotopic (exact) mass is 243 g/mol. The van der Waals surface area contributed by atoms with Crippen molar-refractivity contribution in [1.29, 1.82) is 0 Å². The van der Waals surface area contributed by atoms with E-state index >= 15 is 0 Å². The molecule has 1 fully saturated rings.